The molecule has 0 saturated heterocycles. The summed E-state index contributed by atoms with van der Waals surface area (Å²) in [6, 6.07) is 4.62. The van der Waals surface area contributed by atoms with E-state index in [0.717, 1.165) is 0 Å². The molecule has 5 heteroatoms. The van der Waals surface area contributed by atoms with E-state index in [2.05, 4.69) is 10.6 Å². The number of amides is 2. The molecule has 1 aromatic carbocycles. The molecule has 1 rings (SSSR count). The lowest BCUT2D eigenvalue weighted by Gasteiger charge is -2.06. The predicted molar refractivity (Wildman–Crippen MR) is 63.9 cm³/mol. The number of rotatable bonds is 4. The maximum Gasteiger partial charge on any atom is 0.251 e. The summed E-state index contributed by atoms with van der Waals surface area (Å²) < 4.78 is 0. The van der Waals surface area contributed by atoms with E-state index in [4.69, 9.17) is 0 Å². The molecule has 0 aliphatic rings. The predicted octanol–water partition coefficient (Wildman–Crippen LogP) is 0.567. The molecule has 0 bridgehead atoms. The summed E-state index contributed by atoms with van der Waals surface area (Å²) >= 11 is 0. The number of aromatic hydroxyl groups is 1. The minimum Gasteiger partial charge on any atom is -0.508 e. The van der Waals surface area contributed by atoms with Crippen LogP contribution in [0.4, 0.5) is 0 Å². The summed E-state index contributed by atoms with van der Waals surface area (Å²) in [7, 11) is 1.55. The van der Waals surface area contributed by atoms with Gasteiger partial charge in [0.1, 0.15) is 5.75 Å². The van der Waals surface area contributed by atoms with Crippen molar-refractivity contribution in [1.82, 2.24) is 10.6 Å². The summed E-state index contributed by atoms with van der Waals surface area (Å²) in [5, 5.41) is 14.4. The molecule has 0 aromatic heterocycles. The van der Waals surface area contributed by atoms with Gasteiger partial charge in [-0.25, -0.2) is 0 Å². The molecule has 0 aliphatic carbocycles. The van der Waals surface area contributed by atoms with Crippen molar-refractivity contribution in [1.29, 1.82) is 0 Å². The molecule has 0 saturated carbocycles. The Labute approximate surface area is 99.8 Å². The zero-order valence-electron chi connectivity index (χ0n) is 9.91. The lowest BCUT2D eigenvalue weighted by molar-refractivity contribution is -0.120. The molecule has 0 spiro atoms. The monoisotopic (exact) mass is 236 g/mol. The Hall–Kier alpha value is -2.04. The van der Waals surface area contributed by atoms with Crippen LogP contribution in [0.1, 0.15) is 22.3 Å². The molecule has 92 valence electrons. The van der Waals surface area contributed by atoms with Crippen LogP contribution in [0.2, 0.25) is 0 Å². The molecule has 2 amide bonds. The van der Waals surface area contributed by atoms with E-state index in [1.165, 1.54) is 12.1 Å². The van der Waals surface area contributed by atoms with Crippen molar-refractivity contribution in [3.63, 3.8) is 0 Å². The fourth-order valence-corrected chi connectivity index (χ4v) is 1.31. The second-order valence-corrected chi connectivity index (χ2v) is 3.68. The van der Waals surface area contributed by atoms with Gasteiger partial charge in [0.15, 0.2) is 0 Å². The number of hydrogen-bond donors (Lipinski definition) is 3. The van der Waals surface area contributed by atoms with Gasteiger partial charge in [0.05, 0.1) is 0 Å². The maximum atomic E-state index is 11.7. The lowest BCUT2D eigenvalue weighted by Crippen LogP contribution is -2.29. The van der Waals surface area contributed by atoms with Gasteiger partial charge in [-0.2, -0.15) is 0 Å². The van der Waals surface area contributed by atoms with Gasteiger partial charge in [-0.05, 0) is 30.7 Å². The molecular weight excluding hydrogens is 220 g/mol. The third kappa shape index (κ3) is 3.79. The maximum absolute atomic E-state index is 11.7. The summed E-state index contributed by atoms with van der Waals surface area (Å²) in [5.74, 6) is -0.212. The summed E-state index contributed by atoms with van der Waals surface area (Å²) in [4.78, 5) is 22.6. The first-order valence-electron chi connectivity index (χ1n) is 5.33. The van der Waals surface area contributed by atoms with Crippen molar-refractivity contribution in [2.24, 2.45) is 0 Å². The van der Waals surface area contributed by atoms with Crippen molar-refractivity contribution in [2.75, 3.05) is 13.6 Å². The Morgan fingerprint density at radius 2 is 2.06 bits per heavy atom. The van der Waals surface area contributed by atoms with Gasteiger partial charge in [-0.15, -0.1) is 0 Å². The third-order valence-corrected chi connectivity index (χ3v) is 2.38. The molecule has 3 N–H and O–H groups in total. The first-order chi connectivity index (χ1) is 8.04. The zero-order valence-corrected chi connectivity index (χ0v) is 9.91. The molecule has 17 heavy (non-hydrogen) atoms. The van der Waals surface area contributed by atoms with Gasteiger partial charge in [0, 0.05) is 25.6 Å². The molecule has 1 aromatic rings. The van der Waals surface area contributed by atoms with Crippen LogP contribution in [0, 0.1) is 6.92 Å². The third-order valence-electron chi connectivity index (χ3n) is 2.38. The summed E-state index contributed by atoms with van der Waals surface area (Å²) in [6.07, 6.45) is 0.249. The second kappa shape index (κ2) is 5.89. The highest BCUT2D eigenvalue weighted by Gasteiger charge is 2.07. The topological polar surface area (TPSA) is 78.4 Å². The average molecular weight is 236 g/mol. The number of aryl methyl sites for hydroxylation is 1. The van der Waals surface area contributed by atoms with E-state index >= 15 is 0 Å². The zero-order chi connectivity index (χ0) is 12.8. The van der Waals surface area contributed by atoms with E-state index in [-0.39, 0.29) is 24.0 Å². The van der Waals surface area contributed by atoms with Crippen LogP contribution in [0.15, 0.2) is 18.2 Å². The first kappa shape index (κ1) is 13.0. The number of phenolic OH excluding ortho intramolecular Hbond substituents is 1. The fourth-order valence-electron chi connectivity index (χ4n) is 1.31. The smallest absolute Gasteiger partial charge is 0.251 e. The highest BCUT2D eigenvalue weighted by atomic mass is 16.3. The number of phenols is 1. The van der Waals surface area contributed by atoms with E-state index in [0.29, 0.717) is 17.7 Å². The summed E-state index contributed by atoms with van der Waals surface area (Å²) in [5.41, 5.74) is 1.11. The van der Waals surface area contributed by atoms with Crippen LogP contribution in [0.3, 0.4) is 0 Å². The van der Waals surface area contributed by atoms with E-state index in [9.17, 15) is 14.7 Å². The minimum atomic E-state index is -0.253. The average Bonchev–Trinajstić information content (AvgIpc) is 2.32. The van der Waals surface area contributed by atoms with Crippen LogP contribution >= 0.6 is 0 Å². The number of carbonyl (C=O) groups excluding carboxylic acids is 2. The molecule has 0 atom stereocenters. The number of hydrogen-bond acceptors (Lipinski definition) is 3. The van der Waals surface area contributed by atoms with E-state index in [1.54, 1.807) is 20.0 Å². The standard InChI is InChI=1S/C12H16N2O3/c1-8-7-9(3-4-10(8)15)12(17)14-6-5-11(16)13-2/h3-4,7,15H,5-6H2,1-2H3,(H,13,16)(H,14,17). The normalized spacial score (nSPS) is 9.76. The van der Waals surface area contributed by atoms with Crippen LogP contribution in [-0.4, -0.2) is 30.5 Å². The Balaban J connectivity index is 2.52. The molecule has 0 aliphatic heterocycles. The van der Waals surface area contributed by atoms with Gasteiger partial charge in [0.2, 0.25) is 5.91 Å². The molecule has 0 radical (unpaired) electrons. The molecule has 0 heterocycles. The van der Waals surface area contributed by atoms with Crippen molar-refractivity contribution >= 4 is 11.8 Å². The number of benzene rings is 1. The van der Waals surface area contributed by atoms with Gasteiger partial charge in [0.25, 0.3) is 5.91 Å². The van der Waals surface area contributed by atoms with Crippen molar-refractivity contribution < 1.29 is 14.7 Å². The Morgan fingerprint density at radius 3 is 2.65 bits per heavy atom. The van der Waals surface area contributed by atoms with Gasteiger partial charge in [-0.3, -0.25) is 9.59 Å². The van der Waals surface area contributed by atoms with Crippen LogP contribution in [-0.2, 0) is 4.79 Å². The SMILES string of the molecule is CNC(=O)CCNC(=O)c1ccc(O)c(C)c1. The Bertz CT molecular complexity index is 430. The molecule has 0 unspecified atom stereocenters. The van der Waals surface area contributed by atoms with E-state index in [1.807, 2.05) is 0 Å². The highest BCUT2D eigenvalue weighted by molar-refractivity contribution is 5.94. The van der Waals surface area contributed by atoms with Crippen LogP contribution < -0.4 is 10.6 Å². The van der Waals surface area contributed by atoms with Crippen molar-refractivity contribution in [3.05, 3.63) is 29.3 Å². The minimum absolute atomic E-state index is 0.118. The van der Waals surface area contributed by atoms with Crippen LogP contribution in [0.5, 0.6) is 5.75 Å². The first-order valence-corrected chi connectivity index (χ1v) is 5.33. The Morgan fingerprint density at radius 1 is 1.35 bits per heavy atom. The van der Waals surface area contributed by atoms with Gasteiger partial charge in [-0.1, -0.05) is 0 Å². The van der Waals surface area contributed by atoms with Gasteiger partial charge < -0.3 is 15.7 Å². The quantitative estimate of drug-likeness (QED) is 0.715. The van der Waals surface area contributed by atoms with Crippen molar-refractivity contribution in [2.45, 2.75) is 13.3 Å². The second-order valence-electron chi connectivity index (χ2n) is 3.68. The van der Waals surface area contributed by atoms with E-state index < -0.39 is 0 Å². The number of nitrogens with one attached hydrogen (secondary N) is 2. The molecular formula is C12H16N2O3. The van der Waals surface area contributed by atoms with Gasteiger partial charge >= 0.3 is 0 Å². The lowest BCUT2D eigenvalue weighted by atomic mass is 10.1. The fraction of sp³-hybridized carbons (Fsp3) is 0.333. The molecule has 5 nitrogen and oxygen atoms in total. The largest absolute Gasteiger partial charge is 0.508 e. The van der Waals surface area contributed by atoms with Crippen LogP contribution in [0.25, 0.3) is 0 Å². The highest BCUT2D eigenvalue weighted by Crippen LogP contribution is 2.16. The summed E-state index contributed by atoms with van der Waals surface area (Å²) in [6.45, 7) is 2.01. The number of carbonyl (C=O) groups is 2. The Kier molecular flexibility index (Phi) is 4.51. The van der Waals surface area contributed by atoms with Crippen molar-refractivity contribution in [3.8, 4) is 5.75 Å². The molecule has 0 fully saturated rings.